The van der Waals surface area contributed by atoms with Crippen LogP contribution in [0.25, 0.3) is 0 Å². The van der Waals surface area contributed by atoms with Gasteiger partial charge in [-0.05, 0) is 24.4 Å². The molecule has 0 aliphatic rings. The Balaban J connectivity index is 0. The first-order valence-electron chi connectivity index (χ1n) is 3.56. The van der Waals surface area contributed by atoms with E-state index in [2.05, 4.69) is 17.2 Å². The number of carbonyl (C=O) groups excluding carboxylic acids is 1. The van der Waals surface area contributed by atoms with Crippen molar-refractivity contribution in [2.45, 2.75) is 6.92 Å². The Bertz CT molecular complexity index is 344. The van der Waals surface area contributed by atoms with Crippen LogP contribution in [0, 0.1) is 0 Å². The Kier molecular flexibility index (Phi) is 10.8. The maximum atomic E-state index is 9.75. The van der Waals surface area contributed by atoms with Crippen LogP contribution in [-0.2, 0) is 4.79 Å². The Hall–Kier alpha value is -0.770. The van der Waals surface area contributed by atoms with Crippen LogP contribution in [0.2, 0.25) is 10.0 Å². The summed E-state index contributed by atoms with van der Waals surface area (Å²) in [6.45, 7) is 1.32. The van der Waals surface area contributed by atoms with Gasteiger partial charge in [0.25, 0.3) is 5.91 Å². The molecule has 1 rings (SSSR count). The minimum atomic E-state index is -0.301. The number of benzene rings is 1. The number of hydrogen-bond acceptors (Lipinski definition) is 2. The van der Waals surface area contributed by atoms with Gasteiger partial charge in [0.1, 0.15) is 0 Å². The minimum Gasteiger partial charge on any atom is -0.412 e. The molecule has 1 amide bonds. The summed E-state index contributed by atoms with van der Waals surface area (Å²) in [6, 6.07) is 7.19. The lowest BCUT2D eigenvalue weighted by Crippen LogP contribution is -1.76. The largest absolute Gasteiger partial charge is 0.412 e. The molecule has 2 N–H and O–H groups in total. The minimum absolute atomic E-state index is 0. The summed E-state index contributed by atoms with van der Waals surface area (Å²) >= 11 is 15.2. The molecule has 0 aliphatic heterocycles. The number of hydrogen-bond donors (Lipinski definition) is 0. The summed E-state index contributed by atoms with van der Waals surface area (Å²) in [6.07, 6.45) is 0. The van der Waals surface area contributed by atoms with E-state index in [0.717, 1.165) is 0 Å². The zero-order valence-electron chi connectivity index (χ0n) is 7.83. The highest BCUT2D eigenvalue weighted by Crippen LogP contribution is 2.19. The molecule has 15 heavy (non-hydrogen) atoms. The van der Waals surface area contributed by atoms with Gasteiger partial charge in [-0.15, -0.1) is 0 Å². The molecule has 0 radical (unpaired) electrons. The topological polar surface area (TPSA) is 60.9 Å². The Morgan fingerprint density at radius 2 is 1.73 bits per heavy atom. The summed E-state index contributed by atoms with van der Waals surface area (Å²) in [5, 5.41) is 3.14. The van der Waals surface area contributed by atoms with Crippen molar-refractivity contribution < 1.29 is 10.3 Å². The van der Waals surface area contributed by atoms with Crippen LogP contribution >= 0.6 is 35.4 Å². The molecule has 0 aromatic heterocycles. The highest BCUT2D eigenvalue weighted by atomic mass is 35.5. The Morgan fingerprint density at radius 3 is 1.87 bits per heavy atom. The van der Waals surface area contributed by atoms with Crippen molar-refractivity contribution in [3.05, 3.63) is 34.3 Å². The van der Waals surface area contributed by atoms with Gasteiger partial charge in [-0.1, -0.05) is 35.3 Å². The normalized spacial score (nSPS) is 7.40. The summed E-state index contributed by atoms with van der Waals surface area (Å²) in [5.74, 6) is -0.301. The summed E-state index contributed by atoms with van der Waals surface area (Å²) < 4.78 is 0. The fraction of sp³-hybridized carbons (Fsp3) is 0.111. The zero-order valence-corrected chi connectivity index (χ0v) is 10.2. The summed E-state index contributed by atoms with van der Waals surface area (Å²) in [5.41, 5.74) is 0. The monoisotopic (exact) mass is 265 g/mol. The molecule has 0 heterocycles. The van der Waals surface area contributed by atoms with E-state index in [0.29, 0.717) is 10.0 Å². The van der Waals surface area contributed by atoms with Crippen LogP contribution in [0.4, 0.5) is 0 Å². The van der Waals surface area contributed by atoms with Crippen molar-refractivity contribution >= 4 is 46.5 Å². The van der Waals surface area contributed by atoms with Crippen LogP contribution in [0.5, 0.6) is 0 Å². The van der Waals surface area contributed by atoms with Gasteiger partial charge in [0.05, 0.1) is 15.2 Å². The average molecular weight is 266 g/mol. The second kappa shape index (κ2) is 9.77. The lowest BCUT2D eigenvalue weighted by atomic mass is 10.4. The van der Waals surface area contributed by atoms with E-state index in [4.69, 9.17) is 23.2 Å². The quantitative estimate of drug-likeness (QED) is 0.535. The van der Waals surface area contributed by atoms with E-state index in [1.54, 1.807) is 12.1 Å². The highest BCUT2D eigenvalue weighted by Gasteiger charge is 1.89. The maximum Gasteiger partial charge on any atom is 0.251 e. The molecule has 0 aliphatic carbocycles. The number of carbonyl (C=O) groups is 1. The zero-order chi connectivity index (χ0) is 11.0. The van der Waals surface area contributed by atoms with E-state index in [1.165, 1.54) is 6.92 Å². The first kappa shape index (κ1) is 16.7. The molecule has 1 aromatic rings. The molecule has 1 aromatic carbocycles. The number of isothiocyanates is 1. The number of thiocarbonyl (C=S) groups is 1. The molecular weight excluding hydrogens is 257 g/mol. The third-order valence-corrected chi connectivity index (χ3v) is 1.87. The maximum absolute atomic E-state index is 9.75. The predicted molar refractivity (Wildman–Crippen MR) is 65.8 cm³/mol. The van der Waals surface area contributed by atoms with Crippen LogP contribution in [0.1, 0.15) is 6.92 Å². The molecule has 0 spiro atoms. The predicted octanol–water partition coefficient (Wildman–Crippen LogP) is 2.80. The number of rotatable bonds is 0. The van der Waals surface area contributed by atoms with Gasteiger partial charge in [0.2, 0.25) is 0 Å². The summed E-state index contributed by atoms with van der Waals surface area (Å²) in [7, 11) is 0. The molecule has 0 bridgehead atoms. The number of halogens is 2. The lowest BCUT2D eigenvalue weighted by Gasteiger charge is -1.88. The fourth-order valence-corrected chi connectivity index (χ4v) is 0.904. The highest BCUT2D eigenvalue weighted by molar-refractivity contribution is 7.78. The van der Waals surface area contributed by atoms with Gasteiger partial charge in [-0.25, -0.2) is 0 Å². The van der Waals surface area contributed by atoms with Gasteiger partial charge >= 0.3 is 0 Å². The van der Waals surface area contributed by atoms with Gasteiger partial charge in [0.15, 0.2) is 0 Å². The van der Waals surface area contributed by atoms with Crippen molar-refractivity contribution in [2.24, 2.45) is 4.99 Å². The van der Waals surface area contributed by atoms with E-state index >= 15 is 0 Å². The van der Waals surface area contributed by atoms with Crippen molar-refractivity contribution in [1.82, 2.24) is 0 Å². The smallest absolute Gasteiger partial charge is 0.251 e. The molecule has 0 saturated carbocycles. The number of nitrogens with zero attached hydrogens (tertiary/aromatic N) is 1. The SMILES string of the molecule is CC(=O)N=C=S.Clc1ccccc1Cl.O. The van der Waals surface area contributed by atoms with Crippen LogP contribution in [0.15, 0.2) is 29.3 Å². The number of amides is 1. The molecule has 82 valence electrons. The standard InChI is InChI=1S/C6H4Cl2.C3H3NOS.H2O/c7-5-3-1-2-4-6(5)8;1-3(5)4-2-6;/h1-4H;1H3;1H2. The third-order valence-electron chi connectivity index (χ3n) is 1.03. The molecule has 0 atom stereocenters. The first-order chi connectivity index (χ1) is 6.57. The van der Waals surface area contributed by atoms with Gasteiger partial charge < -0.3 is 5.48 Å². The Morgan fingerprint density at radius 1 is 1.33 bits per heavy atom. The molecule has 0 fully saturated rings. The molecule has 0 unspecified atom stereocenters. The second-order valence-electron chi connectivity index (χ2n) is 2.14. The molecule has 3 nitrogen and oxygen atoms in total. The van der Waals surface area contributed by atoms with E-state index in [9.17, 15) is 4.79 Å². The first-order valence-corrected chi connectivity index (χ1v) is 4.72. The van der Waals surface area contributed by atoms with Gasteiger partial charge in [0, 0.05) is 6.92 Å². The fourth-order valence-electron chi connectivity index (χ4n) is 0.504. The van der Waals surface area contributed by atoms with E-state index in [1.807, 2.05) is 17.3 Å². The third kappa shape index (κ3) is 9.53. The van der Waals surface area contributed by atoms with Crippen LogP contribution in [0.3, 0.4) is 0 Å². The van der Waals surface area contributed by atoms with Gasteiger partial charge in [-0.2, -0.15) is 4.99 Å². The average Bonchev–Trinajstić information content (AvgIpc) is 2.11. The van der Waals surface area contributed by atoms with Crippen molar-refractivity contribution in [3.8, 4) is 0 Å². The number of aliphatic imine (C=N–C) groups is 1. The van der Waals surface area contributed by atoms with Crippen molar-refractivity contribution in [3.63, 3.8) is 0 Å². The van der Waals surface area contributed by atoms with Crippen LogP contribution in [-0.4, -0.2) is 16.5 Å². The van der Waals surface area contributed by atoms with Gasteiger partial charge in [-0.3, -0.25) is 4.79 Å². The lowest BCUT2D eigenvalue weighted by molar-refractivity contribution is -0.115. The van der Waals surface area contributed by atoms with Crippen LogP contribution < -0.4 is 0 Å². The Labute approximate surface area is 103 Å². The molecule has 0 saturated heterocycles. The van der Waals surface area contributed by atoms with E-state index in [-0.39, 0.29) is 11.4 Å². The van der Waals surface area contributed by atoms with Crippen molar-refractivity contribution in [1.29, 1.82) is 0 Å². The van der Waals surface area contributed by atoms with E-state index < -0.39 is 0 Å². The second-order valence-corrected chi connectivity index (χ2v) is 3.13. The molecule has 6 heteroatoms. The van der Waals surface area contributed by atoms with Crippen molar-refractivity contribution in [2.75, 3.05) is 0 Å². The molecular formula is C9H9Cl2NO2S. The summed E-state index contributed by atoms with van der Waals surface area (Å²) in [4.78, 5) is 12.8.